The van der Waals surface area contributed by atoms with Gasteiger partial charge in [0.25, 0.3) is 0 Å². The number of rotatable bonds is 9. The Hall–Kier alpha value is -1.87. The van der Waals surface area contributed by atoms with Gasteiger partial charge in [0, 0.05) is 0 Å². The van der Waals surface area contributed by atoms with Crippen LogP contribution in [0.4, 0.5) is 17.6 Å². The summed E-state index contributed by atoms with van der Waals surface area (Å²) >= 11 is 0. The van der Waals surface area contributed by atoms with E-state index in [4.69, 9.17) is 4.74 Å². The van der Waals surface area contributed by atoms with Crippen LogP contribution in [0, 0.1) is 28.7 Å². The van der Waals surface area contributed by atoms with Gasteiger partial charge in [-0.05, 0) is 45.1 Å². The van der Waals surface area contributed by atoms with Crippen molar-refractivity contribution >= 4 is 10.1 Å². The van der Waals surface area contributed by atoms with Gasteiger partial charge in [-0.15, -0.1) is 0 Å². The van der Waals surface area contributed by atoms with Gasteiger partial charge in [-0.3, -0.25) is 4.18 Å². The van der Waals surface area contributed by atoms with Gasteiger partial charge in [-0.2, -0.15) is 17.2 Å². The molecule has 0 saturated carbocycles. The van der Waals surface area contributed by atoms with Crippen LogP contribution in [-0.2, 0) is 14.3 Å². The quantitative estimate of drug-likeness (QED) is 0.198. The van der Waals surface area contributed by atoms with Gasteiger partial charge >= 0.3 is 10.1 Å². The summed E-state index contributed by atoms with van der Waals surface area (Å²) in [6.45, 7) is 9.74. The molecule has 9 heteroatoms. The summed E-state index contributed by atoms with van der Waals surface area (Å²) in [6.07, 6.45) is 4.97. The van der Waals surface area contributed by atoms with Crippen LogP contribution >= 0.6 is 0 Å². The SMILES string of the molecule is CC(C)=CCC/C(C)=C/COc1c(F)c(F)c(S(=O)(=O)OCC(C)(C)C)c(F)c1F. The number of halogens is 4. The maximum atomic E-state index is 14.3. The molecule has 0 spiro atoms. The molecule has 0 aliphatic rings. The highest BCUT2D eigenvalue weighted by Crippen LogP contribution is 2.34. The summed E-state index contributed by atoms with van der Waals surface area (Å²) in [7, 11) is -5.07. The van der Waals surface area contributed by atoms with Crippen molar-refractivity contribution in [2.45, 2.75) is 59.3 Å². The highest BCUT2D eigenvalue weighted by Gasteiger charge is 2.35. The fourth-order valence-electron chi connectivity index (χ4n) is 2.21. The third-order valence-electron chi connectivity index (χ3n) is 3.83. The lowest BCUT2D eigenvalue weighted by Gasteiger charge is -2.18. The molecule has 0 aromatic heterocycles. The van der Waals surface area contributed by atoms with Crippen LogP contribution in [0.5, 0.6) is 5.75 Å². The number of benzene rings is 1. The lowest BCUT2D eigenvalue weighted by molar-refractivity contribution is 0.201. The minimum Gasteiger partial charge on any atom is -0.483 e. The van der Waals surface area contributed by atoms with Crippen LogP contribution in [-0.4, -0.2) is 21.6 Å². The minimum absolute atomic E-state index is 0.347. The highest BCUT2D eigenvalue weighted by atomic mass is 32.2. The molecular weight excluding hydrogens is 424 g/mol. The first-order valence-electron chi connectivity index (χ1n) is 9.34. The third-order valence-corrected chi connectivity index (χ3v) is 5.12. The fourth-order valence-corrected chi connectivity index (χ4v) is 3.45. The summed E-state index contributed by atoms with van der Waals surface area (Å²) in [6, 6.07) is 0. The maximum Gasteiger partial charge on any atom is 0.303 e. The average molecular weight is 453 g/mol. The predicted octanol–water partition coefficient (Wildman–Crippen LogP) is 6.07. The van der Waals surface area contributed by atoms with E-state index in [-0.39, 0.29) is 6.61 Å². The normalized spacial score (nSPS) is 12.8. The molecule has 1 aromatic carbocycles. The molecule has 0 heterocycles. The van der Waals surface area contributed by atoms with Crippen molar-refractivity contribution in [1.82, 2.24) is 0 Å². The van der Waals surface area contributed by atoms with Crippen molar-refractivity contribution in [3.8, 4) is 5.75 Å². The lowest BCUT2D eigenvalue weighted by Crippen LogP contribution is -2.21. The Balaban J connectivity index is 3.10. The molecule has 0 atom stereocenters. The zero-order valence-electron chi connectivity index (χ0n) is 18.0. The van der Waals surface area contributed by atoms with Crippen molar-refractivity contribution in [2.24, 2.45) is 5.41 Å². The Morgan fingerprint density at radius 3 is 1.93 bits per heavy atom. The van der Waals surface area contributed by atoms with Gasteiger partial charge in [-0.25, -0.2) is 8.78 Å². The molecule has 0 aliphatic carbocycles. The topological polar surface area (TPSA) is 52.6 Å². The summed E-state index contributed by atoms with van der Waals surface area (Å²) in [5.74, 6) is -9.40. The largest absolute Gasteiger partial charge is 0.483 e. The third kappa shape index (κ3) is 7.43. The average Bonchev–Trinajstić information content (AvgIpc) is 2.60. The van der Waals surface area contributed by atoms with Crippen LogP contribution in [0.3, 0.4) is 0 Å². The summed E-state index contributed by atoms with van der Waals surface area (Å²) in [5.41, 5.74) is 1.33. The van der Waals surface area contributed by atoms with E-state index in [0.717, 1.165) is 17.6 Å². The first-order valence-corrected chi connectivity index (χ1v) is 10.8. The highest BCUT2D eigenvalue weighted by molar-refractivity contribution is 7.86. The molecule has 0 aliphatic heterocycles. The molecule has 0 fully saturated rings. The van der Waals surface area contributed by atoms with Crippen molar-refractivity contribution in [2.75, 3.05) is 13.2 Å². The van der Waals surface area contributed by atoms with Crippen molar-refractivity contribution in [3.63, 3.8) is 0 Å². The Labute approximate surface area is 175 Å². The second kappa shape index (κ2) is 10.4. The monoisotopic (exact) mass is 452 g/mol. The summed E-state index contributed by atoms with van der Waals surface area (Å²) < 4.78 is 90.8. The molecule has 170 valence electrons. The van der Waals surface area contributed by atoms with Gasteiger partial charge in [-0.1, -0.05) is 38.0 Å². The van der Waals surface area contributed by atoms with Crippen LogP contribution < -0.4 is 4.74 Å². The van der Waals surface area contributed by atoms with Crippen LogP contribution in [0.2, 0.25) is 0 Å². The van der Waals surface area contributed by atoms with Crippen LogP contribution in [0.15, 0.2) is 28.2 Å². The first-order chi connectivity index (χ1) is 13.7. The Bertz CT molecular complexity index is 896. The van der Waals surface area contributed by atoms with Gasteiger partial charge in [0.05, 0.1) is 6.61 Å². The van der Waals surface area contributed by atoms with Crippen molar-refractivity contribution in [1.29, 1.82) is 0 Å². The number of hydrogen-bond acceptors (Lipinski definition) is 4. The molecule has 0 saturated heterocycles. The number of allylic oxidation sites excluding steroid dienone is 3. The number of hydrogen-bond donors (Lipinski definition) is 0. The van der Waals surface area contributed by atoms with Crippen molar-refractivity contribution < 1.29 is 34.9 Å². The molecule has 0 N–H and O–H groups in total. The second-order valence-electron chi connectivity index (χ2n) is 8.37. The molecule has 0 amide bonds. The zero-order valence-corrected chi connectivity index (χ0v) is 18.9. The minimum atomic E-state index is -5.07. The standard InChI is InChI=1S/C21H28F4O4S/c1-13(2)8-7-9-14(3)10-11-28-19-15(22)17(24)20(18(25)16(19)23)30(26,27)29-12-21(4,5)6/h8,10H,7,9,11-12H2,1-6H3/b14-10+. The van der Waals surface area contributed by atoms with E-state index in [2.05, 4.69) is 4.18 Å². The van der Waals surface area contributed by atoms with E-state index in [1.54, 1.807) is 27.7 Å². The maximum absolute atomic E-state index is 14.3. The molecule has 0 bridgehead atoms. The smallest absolute Gasteiger partial charge is 0.303 e. The Kier molecular flexibility index (Phi) is 9.10. The molecule has 30 heavy (non-hydrogen) atoms. The Morgan fingerprint density at radius 1 is 0.933 bits per heavy atom. The summed E-state index contributed by atoms with van der Waals surface area (Å²) in [4.78, 5) is -1.82. The lowest BCUT2D eigenvalue weighted by atomic mass is 9.99. The van der Waals surface area contributed by atoms with E-state index in [1.807, 2.05) is 19.9 Å². The van der Waals surface area contributed by atoms with Crippen LogP contribution in [0.1, 0.15) is 54.4 Å². The molecule has 0 unspecified atom stereocenters. The Morgan fingerprint density at radius 2 is 1.47 bits per heavy atom. The van der Waals surface area contributed by atoms with E-state index >= 15 is 0 Å². The van der Waals surface area contributed by atoms with E-state index < -0.39 is 56.1 Å². The van der Waals surface area contributed by atoms with E-state index in [1.165, 1.54) is 6.08 Å². The molecular formula is C21H28F4O4S. The van der Waals surface area contributed by atoms with Gasteiger partial charge in [0.2, 0.25) is 11.6 Å². The van der Waals surface area contributed by atoms with Gasteiger partial charge in [0.15, 0.2) is 22.3 Å². The predicted molar refractivity (Wildman–Crippen MR) is 107 cm³/mol. The first kappa shape index (κ1) is 26.2. The van der Waals surface area contributed by atoms with E-state index in [0.29, 0.717) is 6.42 Å². The molecule has 1 aromatic rings. The van der Waals surface area contributed by atoms with Crippen molar-refractivity contribution in [3.05, 3.63) is 46.6 Å². The second-order valence-corrected chi connectivity index (χ2v) is 9.92. The molecule has 1 rings (SSSR count). The number of ether oxygens (including phenoxy) is 1. The van der Waals surface area contributed by atoms with E-state index in [9.17, 15) is 26.0 Å². The summed E-state index contributed by atoms with van der Waals surface area (Å²) in [5, 5.41) is 0. The van der Waals surface area contributed by atoms with Gasteiger partial charge in [0.1, 0.15) is 6.61 Å². The fraction of sp³-hybridized carbons (Fsp3) is 0.524. The molecule has 4 nitrogen and oxygen atoms in total. The van der Waals surface area contributed by atoms with Crippen LogP contribution in [0.25, 0.3) is 0 Å². The zero-order chi connectivity index (χ0) is 23.3. The molecule has 0 radical (unpaired) electrons. The van der Waals surface area contributed by atoms with Gasteiger partial charge < -0.3 is 4.74 Å².